The van der Waals surface area contributed by atoms with Crippen LogP contribution in [0.25, 0.3) is 5.69 Å². The Morgan fingerprint density at radius 2 is 1.59 bits per heavy atom. The summed E-state index contributed by atoms with van der Waals surface area (Å²) in [6.45, 7) is 5.53. The Labute approximate surface area is 261 Å². The van der Waals surface area contributed by atoms with E-state index >= 15 is 0 Å². The van der Waals surface area contributed by atoms with Crippen molar-refractivity contribution in [1.29, 1.82) is 0 Å². The van der Waals surface area contributed by atoms with Crippen LogP contribution in [-0.2, 0) is 16.6 Å². The van der Waals surface area contributed by atoms with Crippen LogP contribution in [0.15, 0.2) is 113 Å². The minimum atomic E-state index is -4.09. The first-order valence-corrected chi connectivity index (χ1v) is 15.6. The molecule has 0 spiro atoms. The topological polar surface area (TPSA) is 83.8 Å². The Bertz CT molecular complexity index is 1950. The lowest BCUT2D eigenvalue weighted by atomic mass is 10.1. The van der Waals surface area contributed by atoms with Gasteiger partial charge in [-0.05, 0) is 80.9 Å². The van der Waals surface area contributed by atoms with Gasteiger partial charge < -0.3 is 4.57 Å². The van der Waals surface area contributed by atoms with Crippen LogP contribution >= 0.6 is 11.6 Å². The molecule has 7 nitrogen and oxygen atoms in total. The molecule has 0 radical (unpaired) electrons. The fourth-order valence-corrected chi connectivity index (χ4v) is 6.52. The van der Waals surface area contributed by atoms with E-state index in [1.54, 1.807) is 95.6 Å². The summed E-state index contributed by atoms with van der Waals surface area (Å²) in [6, 6.07) is 28.2. The van der Waals surface area contributed by atoms with E-state index < -0.39 is 15.9 Å². The van der Waals surface area contributed by atoms with E-state index in [-0.39, 0.29) is 28.5 Å². The number of hydrogen-bond donors (Lipinski definition) is 1. The van der Waals surface area contributed by atoms with Gasteiger partial charge in [0.15, 0.2) is 0 Å². The van der Waals surface area contributed by atoms with Gasteiger partial charge in [-0.2, -0.15) is 5.10 Å². The molecule has 1 aromatic heterocycles. The minimum absolute atomic E-state index is 0.0387. The zero-order valence-corrected chi connectivity index (χ0v) is 25.9. The van der Waals surface area contributed by atoms with Crippen LogP contribution in [0.1, 0.15) is 38.4 Å². The summed E-state index contributed by atoms with van der Waals surface area (Å²) in [5.74, 6) is -0.952. The maximum atomic E-state index is 14.5. The number of nitrogens with one attached hydrogen (secondary N) is 1. The lowest BCUT2D eigenvalue weighted by Crippen LogP contribution is -2.33. The summed E-state index contributed by atoms with van der Waals surface area (Å²) in [4.78, 5) is 13.6. The molecular weight excluding hydrogens is 599 g/mol. The van der Waals surface area contributed by atoms with E-state index in [1.807, 2.05) is 26.8 Å². The van der Waals surface area contributed by atoms with Crippen LogP contribution in [-0.4, -0.2) is 25.1 Å². The zero-order chi connectivity index (χ0) is 31.4. The molecule has 0 saturated heterocycles. The van der Waals surface area contributed by atoms with Crippen molar-refractivity contribution in [3.63, 3.8) is 0 Å². The number of benzene rings is 4. The molecule has 0 saturated carbocycles. The first kappa shape index (κ1) is 30.7. The molecule has 1 heterocycles. The number of nitrogens with zero attached hydrogens (tertiary/aromatic N) is 3. The number of aryl methyl sites for hydroxylation is 2. The van der Waals surface area contributed by atoms with Crippen molar-refractivity contribution in [3.8, 4) is 5.69 Å². The van der Waals surface area contributed by atoms with Crippen LogP contribution in [0.5, 0.6) is 0 Å². The van der Waals surface area contributed by atoms with Crippen molar-refractivity contribution >= 4 is 39.4 Å². The predicted octanol–water partition coefficient (Wildman–Crippen LogP) is 7.35. The smallest absolute Gasteiger partial charge is 0.273 e. The van der Waals surface area contributed by atoms with Gasteiger partial charge >= 0.3 is 0 Å². The number of anilines is 1. The van der Waals surface area contributed by atoms with E-state index in [4.69, 9.17) is 11.6 Å². The van der Waals surface area contributed by atoms with Crippen molar-refractivity contribution in [2.24, 2.45) is 5.10 Å². The molecule has 1 amide bonds. The molecule has 0 aliphatic carbocycles. The van der Waals surface area contributed by atoms with Gasteiger partial charge in [-0.1, -0.05) is 65.7 Å². The number of carbonyl (C=O) groups is 1. The Morgan fingerprint density at radius 3 is 2.30 bits per heavy atom. The Morgan fingerprint density at radius 1 is 0.932 bits per heavy atom. The highest BCUT2D eigenvalue weighted by Gasteiger charge is 2.28. The van der Waals surface area contributed by atoms with Crippen LogP contribution in [0.3, 0.4) is 0 Å². The summed E-state index contributed by atoms with van der Waals surface area (Å²) in [6.07, 6.45) is 1.48. The van der Waals surface area contributed by atoms with Gasteiger partial charge in [0.05, 0.1) is 34.6 Å². The number of hydrogen-bond acceptors (Lipinski definition) is 4. The lowest BCUT2D eigenvalue weighted by molar-refractivity contribution is 0.0955. The summed E-state index contributed by atoms with van der Waals surface area (Å²) >= 11 is 6.07. The molecule has 0 bridgehead atoms. The van der Waals surface area contributed by atoms with E-state index in [2.05, 4.69) is 10.5 Å². The van der Waals surface area contributed by atoms with E-state index in [0.717, 1.165) is 17.0 Å². The monoisotopic (exact) mass is 628 g/mol. The van der Waals surface area contributed by atoms with Crippen molar-refractivity contribution in [2.45, 2.75) is 32.2 Å². The van der Waals surface area contributed by atoms with Crippen molar-refractivity contribution in [1.82, 2.24) is 9.99 Å². The second-order valence-corrected chi connectivity index (χ2v) is 12.6. The number of amides is 1. The fraction of sp³-hybridized carbons (Fsp3) is 0.118. The van der Waals surface area contributed by atoms with E-state index in [1.165, 1.54) is 16.6 Å². The molecule has 5 rings (SSSR count). The van der Waals surface area contributed by atoms with E-state index in [0.29, 0.717) is 21.8 Å². The summed E-state index contributed by atoms with van der Waals surface area (Å²) < 4.78 is 45.5. The highest BCUT2D eigenvalue weighted by Crippen LogP contribution is 2.30. The predicted molar refractivity (Wildman–Crippen MR) is 173 cm³/mol. The molecule has 0 aliphatic heterocycles. The third-order valence-electron chi connectivity index (χ3n) is 7.20. The molecule has 5 aromatic rings. The number of carbonyl (C=O) groups excluding carboxylic acids is 1. The van der Waals surface area contributed by atoms with E-state index in [9.17, 15) is 17.6 Å². The minimum Gasteiger partial charge on any atom is -0.315 e. The number of rotatable bonds is 9. The SMILES string of the molecule is Cc1ccc(S(=O)(=O)N(Cc2ccc(Cl)cc2)c2ccccc2C(=O)N/N=C/c2cc(C)n(-c3ccccc3F)c2C)cc1. The molecule has 0 aliphatic rings. The van der Waals surface area contributed by atoms with Gasteiger partial charge in [-0.15, -0.1) is 0 Å². The maximum Gasteiger partial charge on any atom is 0.273 e. The molecule has 10 heteroatoms. The van der Waals surface area contributed by atoms with Gasteiger partial charge in [0, 0.05) is 22.0 Å². The fourth-order valence-electron chi connectivity index (χ4n) is 4.92. The molecule has 0 unspecified atom stereocenters. The van der Waals surface area contributed by atoms with Gasteiger partial charge in [0.2, 0.25) is 0 Å². The largest absolute Gasteiger partial charge is 0.315 e. The molecular formula is C34H30ClFN4O3S. The second-order valence-electron chi connectivity index (χ2n) is 10.3. The number of sulfonamides is 1. The third kappa shape index (κ3) is 6.44. The molecule has 1 N–H and O–H groups in total. The normalized spacial score (nSPS) is 11.6. The van der Waals surface area contributed by atoms with Crippen molar-refractivity contribution < 1.29 is 17.6 Å². The highest BCUT2D eigenvalue weighted by atomic mass is 35.5. The number of halogens is 2. The number of aromatic nitrogens is 1. The van der Waals surface area contributed by atoms with Crippen molar-refractivity contribution in [2.75, 3.05) is 4.31 Å². The van der Waals surface area contributed by atoms with Crippen LogP contribution < -0.4 is 9.73 Å². The molecule has 0 atom stereocenters. The molecule has 0 fully saturated rings. The Hall–Kier alpha value is -4.73. The average Bonchev–Trinajstić information content (AvgIpc) is 3.29. The second kappa shape index (κ2) is 12.9. The molecule has 4 aromatic carbocycles. The Kier molecular flexibility index (Phi) is 8.98. The molecule has 44 heavy (non-hydrogen) atoms. The summed E-state index contributed by atoms with van der Waals surface area (Å²) in [5.41, 5.74) is 7.07. The highest BCUT2D eigenvalue weighted by molar-refractivity contribution is 7.92. The van der Waals surface area contributed by atoms with Gasteiger partial charge in [0.1, 0.15) is 5.82 Å². The standard InChI is InChI=1S/C34H30ClFN4O3S/c1-23-12-18-29(19-13-23)44(42,43)39(22-26-14-16-28(35)17-15-26)32-10-6-4-8-30(32)34(41)38-37-21-27-20-24(2)40(25(27)3)33-11-7-5-9-31(33)36/h4-21H,22H2,1-3H3,(H,38,41)/b37-21+. The summed E-state index contributed by atoms with van der Waals surface area (Å²) in [7, 11) is -4.09. The number of para-hydroxylation sites is 2. The lowest BCUT2D eigenvalue weighted by Gasteiger charge is -2.26. The first-order chi connectivity index (χ1) is 21.1. The molecule has 224 valence electrons. The first-order valence-electron chi connectivity index (χ1n) is 13.8. The van der Waals surface area contributed by atoms with Gasteiger partial charge in [-0.3, -0.25) is 9.10 Å². The average molecular weight is 629 g/mol. The quantitative estimate of drug-likeness (QED) is 0.137. The zero-order valence-electron chi connectivity index (χ0n) is 24.3. The maximum absolute atomic E-state index is 14.5. The van der Waals surface area contributed by atoms with Crippen molar-refractivity contribution in [3.05, 3.63) is 148 Å². The van der Waals surface area contributed by atoms with Crippen LogP contribution in [0.2, 0.25) is 5.02 Å². The van der Waals surface area contributed by atoms with Gasteiger partial charge in [-0.25, -0.2) is 18.2 Å². The number of hydrazone groups is 1. The van der Waals surface area contributed by atoms with Gasteiger partial charge in [0.25, 0.3) is 15.9 Å². The third-order valence-corrected chi connectivity index (χ3v) is 9.23. The van der Waals surface area contributed by atoms with Crippen LogP contribution in [0.4, 0.5) is 10.1 Å². The Balaban J connectivity index is 1.47. The summed E-state index contributed by atoms with van der Waals surface area (Å²) in [5, 5.41) is 4.68. The van der Waals surface area contributed by atoms with Crippen LogP contribution in [0, 0.1) is 26.6 Å².